The van der Waals surface area contributed by atoms with Gasteiger partial charge in [0.05, 0.1) is 17.3 Å². The van der Waals surface area contributed by atoms with Gasteiger partial charge in [0.25, 0.3) is 0 Å². The van der Waals surface area contributed by atoms with E-state index in [-0.39, 0.29) is 17.8 Å². The number of carbonyl (C=O) groups excluding carboxylic acids is 1. The second-order valence-electron chi connectivity index (χ2n) is 8.63. The van der Waals surface area contributed by atoms with Crippen LogP contribution in [0, 0.1) is 11.8 Å². The third-order valence-electron chi connectivity index (χ3n) is 6.57. The molecule has 4 rings (SSSR count). The zero-order valence-corrected chi connectivity index (χ0v) is 17.0. The van der Waals surface area contributed by atoms with Crippen LogP contribution in [0.3, 0.4) is 0 Å². The number of aliphatic hydroxyl groups is 1. The van der Waals surface area contributed by atoms with E-state index >= 15 is 0 Å². The van der Waals surface area contributed by atoms with Crippen molar-refractivity contribution in [3.8, 4) is 5.75 Å². The maximum atomic E-state index is 12.7. The molecule has 4 N–H and O–H groups in total. The number of fused-ring (bicyclic) bond motifs is 1. The molecule has 0 spiro atoms. The van der Waals surface area contributed by atoms with Crippen LogP contribution in [0.2, 0.25) is 0 Å². The Balaban J connectivity index is 1.59. The van der Waals surface area contributed by atoms with E-state index in [4.69, 9.17) is 10.5 Å². The number of ether oxygens (including phenoxy) is 1. The summed E-state index contributed by atoms with van der Waals surface area (Å²) in [6.07, 6.45) is 10.2. The van der Waals surface area contributed by atoms with Crippen molar-refractivity contribution in [2.24, 2.45) is 11.8 Å². The number of nitrogens with two attached hydrogens (primary N) is 1. The van der Waals surface area contributed by atoms with Gasteiger partial charge in [-0.05, 0) is 25.7 Å². The fourth-order valence-electron chi connectivity index (χ4n) is 4.85. The molecule has 2 fully saturated rings. The molecule has 1 unspecified atom stereocenters. The number of nitrogens with one attached hydrogen (secondary N) is 1. The van der Waals surface area contributed by atoms with E-state index in [1.54, 1.807) is 6.07 Å². The number of hydrogen-bond acceptors (Lipinski definition) is 5. The van der Waals surface area contributed by atoms with Crippen LogP contribution in [-0.4, -0.2) is 17.3 Å². The van der Waals surface area contributed by atoms with Gasteiger partial charge in [-0.3, -0.25) is 4.79 Å². The van der Waals surface area contributed by atoms with E-state index in [1.807, 2.05) is 24.3 Å². The Bertz CT molecular complexity index is 855. The quantitative estimate of drug-likeness (QED) is 0.279. The van der Waals surface area contributed by atoms with Gasteiger partial charge < -0.3 is 20.9 Å². The largest absolute Gasteiger partial charge is 0.426 e. The van der Waals surface area contributed by atoms with Gasteiger partial charge in [0.15, 0.2) is 0 Å². The Hall–Kier alpha value is -2.27. The van der Waals surface area contributed by atoms with Gasteiger partial charge >= 0.3 is 5.97 Å². The molecule has 2 saturated carbocycles. The molecule has 1 atom stereocenters. The molecule has 0 aromatic heterocycles. The van der Waals surface area contributed by atoms with Crippen molar-refractivity contribution in [1.29, 1.82) is 0 Å². The van der Waals surface area contributed by atoms with Crippen molar-refractivity contribution in [2.75, 3.05) is 11.1 Å². The predicted molar refractivity (Wildman–Crippen MR) is 117 cm³/mol. The zero-order chi connectivity index (χ0) is 20.2. The van der Waals surface area contributed by atoms with Crippen molar-refractivity contribution in [1.82, 2.24) is 0 Å². The maximum absolute atomic E-state index is 12.7. The molecule has 2 aliphatic carbocycles. The van der Waals surface area contributed by atoms with Gasteiger partial charge in [0.2, 0.25) is 0 Å². The lowest BCUT2D eigenvalue weighted by atomic mass is 9.88. The van der Waals surface area contributed by atoms with Gasteiger partial charge in [-0.1, -0.05) is 62.8 Å². The number of esters is 1. The highest BCUT2D eigenvalue weighted by Crippen LogP contribution is 2.39. The van der Waals surface area contributed by atoms with Gasteiger partial charge in [0.1, 0.15) is 12.0 Å². The Morgan fingerprint density at radius 2 is 1.62 bits per heavy atom. The smallest absolute Gasteiger partial charge is 0.314 e. The van der Waals surface area contributed by atoms with Gasteiger partial charge in [0, 0.05) is 22.8 Å². The van der Waals surface area contributed by atoms with E-state index in [0.29, 0.717) is 11.4 Å². The van der Waals surface area contributed by atoms with Crippen LogP contribution in [0.4, 0.5) is 11.4 Å². The summed E-state index contributed by atoms with van der Waals surface area (Å²) in [6, 6.07) is 9.49. The fourth-order valence-corrected chi connectivity index (χ4v) is 4.85. The summed E-state index contributed by atoms with van der Waals surface area (Å²) < 4.78 is 5.82. The highest BCUT2D eigenvalue weighted by molar-refractivity contribution is 6.04. The summed E-state index contributed by atoms with van der Waals surface area (Å²) in [5.41, 5.74) is 7.56. The minimum absolute atomic E-state index is 0.0188. The standard InChI is InChI=1S/C24H32N2O3/c25-20-15-21(29-24(28)17-11-5-2-6-12-17)18-13-7-8-14-19(18)22(20)26-23(27)16-9-3-1-4-10-16/h7-8,13-17,23,26-27H,1-6,9-12,25H2. The van der Waals surface area contributed by atoms with Crippen LogP contribution in [0.25, 0.3) is 10.8 Å². The Morgan fingerprint density at radius 3 is 2.31 bits per heavy atom. The second-order valence-corrected chi connectivity index (χ2v) is 8.63. The van der Waals surface area contributed by atoms with Crippen LogP contribution in [-0.2, 0) is 4.79 Å². The fraction of sp³-hybridized carbons (Fsp3) is 0.542. The third-order valence-corrected chi connectivity index (χ3v) is 6.57. The van der Waals surface area contributed by atoms with Crippen molar-refractivity contribution < 1.29 is 14.6 Å². The summed E-state index contributed by atoms with van der Waals surface area (Å²) in [4.78, 5) is 12.7. The molecule has 0 saturated heterocycles. The number of anilines is 2. The summed E-state index contributed by atoms with van der Waals surface area (Å²) in [6.45, 7) is 0. The Morgan fingerprint density at radius 1 is 1.00 bits per heavy atom. The highest BCUT2D eigenvalue weighted by atomic mass is 16.5. The first-order valence-corrected chi connectivity index (χ1v) is 11.1. The first kappa shape index (κ1) is 20.0. The molecule has 2 aliphatic rings. The van der Waals surface area contributed by atoms with Crippen molar-refractivity contribution >= 4 is 28.1 Å². The molecule has 0 amide bonds. The first-order valence-electron chi connectivity index (χ1n) is 11.1. The lowest BCUT2D eigenvalue weighted by molar-refractivity contribution is -0.139. The lowest BCUT2D eigenvalue weighted by Gasteiger charge is -2.29. The van der Waals surface area contributed by atoms with Crippen molar-refractivity contribution in [3.05, 3.63) is 30.3 Å². The summed E-state index contributed by atoms with van der Waals surface area (Å²) in [5.74, 6) is 0.573. The molecular weight excluding hydrogens is 364 g/mol. The van der Waals surface area contributed by atoms with Gasteiger partial charge in [-0.2, -0.15) is 0 Å². The number of rotatable bonds is 5. The zero-order valence-electron chi connectivity index (χ0n) is 17.0. The molecule has 5 heteroatoms. The maximum Gasteiger partial charge on any atom is 0.314 e. The summed E-state index contributed by atoms with van der Waals surface area (Å²) >= 11 is 0. The average Bonchev–Trinajstić information content (AvgIpc) is 2.77. The van der Waals surface area contributed by atoms with E-state index in [9.17, 15) is 9.90 Å². The van der Waals surface area contributed by atoms with Crippen molar-refractivity contribution in [2.45, 2.75) is 70.4 Å². The van der Waals surface area contributed by atoms with E-state index in [0.717, 1.165) is 67.8 Å². The van der Waals surface area contributed by atoms with E-state index in [1.165, 1.54) is 12.8 Å². The minimum atomic E-state index is -0.628. The third kappa shape index (κ3) is 4.50. The minimum Gasteiger partial charge on any atom is -0.426 e. The molecule has 2 aromatic carbocycles. The molecule has 0 aliphatic heterocycles. The Kier molecular flexibility index (Phi) is 6.24. The van der Waals surface area contributed by atoms with Crippen LogP contribution < -0.4 is 15.8 Å². The molecule has 2 aromatic rings. The number of aliphatic hydroxyl groups excluding tert-OH is 1. The highest BCUT2D eigenvalue weighted by Gasteiger charge is 2.26. The van der Waals surface area contributed by atoms with Crippen LogP contribution in [0.15, 0.2) is 30.3 Å². The SMILES string of the molecule is Nc1cc(OC(=O)C2CCCCC2)c2ccccc2c1NC(O)C1CCCCC1. The number of benzene rings is 2. The molecule has 0 bridgehead atoms. The molecule has 156 valence electrons. The first-order chi connectivity index (χ1) is 14.1. The second kappa shape index (κ2) is 9.04. The van der Waals surface area contributed by atoms with Crippen LogP contribution in [0.5, 0.6) is 5.75 Å². The van der Waals surface area contributed by atoms with Crippen LogP contribution >= 0.6 is 0 Å². The van der Waals surface area contributed by atoms with Gasteiger partial charge in [-0.25, -0.2) is 0 Å². The normalized spacial score (nSPS) is 19.8. The molecule has 0 radical (unpaired) electrons. The van der Waals surface area contributed by atoms with E-state index < -0.39 is 6.23 Å². The lowest BCUT2D eigenvalue weighted by Crippen LogP contribution is -2.30. The monoisotopic (exact) mass is 396 g/mol. The van der Waals surface area contributed by atoms with Crippen LogP contribution in [0.1, 0.15) is 64.2 Å². The molecule has 5 nitrogen and oxygen atoms in total. The van der Waals surface area contributed by atoms with E-state index in [2.05, 4.69) is 5.32 Å². The van der Waals surface area contributed by atoms with Gasteiger partial charge in [-0.15, -0.1) is 0 Å². The number of nitrogen functional groups attached to an aromatic ring is 1. The summed E-state index contributed by atoms with van der Waals surface area (Å²) in [5, 5.41) is 15.7. The average molecular weight is 397 g/mol. The number of hydrogen-bond donors (Lipinski definition) is 3. The van der Waals surface area contributed by atoms with Crippen molar-refractivity contribution in [3.63, 3.8) is 0 Å². The molecule has 29 heavy (non-hydrogen) atoms. The molecular formula is C24H32N2O3. The topological polar surface area (TPSA) is 84.6 Å². The summed E-state index contributed by atoms with van der Waals surface area (Å²) in [7, 11) is 0. The Labute approximate surface area is 172 Å². The molecule has 0 heterocycles. The number of carbonyl (C=O) groups is 1. The predicted octanol–water partition coefficient (Wildman–Crippen LogP) is 5.22.